The van der Waals surface area contributed by atoms with Crippen LogP contribution >= 0.6 is 0 Å². The summed E-state index contributed by atoms with van der Waals surface area (Å²) in [7, 11) is 3.14. The van der Waals surface area contributed by atoms with Crippen molar-refractivity contribution in [3.63, 3.8) is 0 Å². The molecule has 0 unspecified atom stereocenters. The first-order valence-electron chi connectivity index (χ1n) is 8.00. The Labute approximate surface area is 151 Å². The van der Waals surface area contributed by atoms with Crippen LogP contribution in [0.1, 0.15) is 17.0 Å². The van der Waals surface area contributed by atoms with E-state index in [0.717, 1.165) is 11.4 Å². The van der Waals surface area contributed by atoms with Crippen molar-refractivity contribution >= 4 is 5.96 Å². The van der Waals surface area contributed by atoms with E-state index < -0.39 is 6.61 Å². The molecule has 1 heterocycles. The maximum absolute atomic E-state index is 12.6. The van der Waals surface area contributed by atoms with Gasteiger partial charge in [0.05, 0.1) is 19.3 Å². The Balaban J connectivity index is 2.00. The molecule has 26 heavy (non-hydrogen) atoms. The van der Waals surface area contributed by atoms with E-state index >= 15 is 0 Å². The van der Waals surface area contributed by atoms with Gasteiger partial charge in [0.2, 0.25) is 0 Å². The van der Waals surface area contributed by atoms with Crippen LogP contribution in [0.5, 0.6) is 11.5 Å². The van der Waals surface area contributed by atoms with Gasteiger partial charge in [-0.3, -0.25) is 9.98 Å². The zero-order valence-corrected chi connectivity index (χ0v) is 14.9. The minimum atomic E-state index is -2.90. The predicted molar refractivity (Wildman–Crippen MR) is 95.6 cm³/mol. The fourth-order valence-electron chi connectivity index (χ4n) is 2.30. The largest absolute Gasteiger partial charge is 0.497 e. The van der Waals surface area contributed by atoms with E-state index in [0.29, 0.717) is 23.8 Å². The number of aliphatic imine (C=N–C) groups is 1. The van der Waals surface area contributed by atoms with E-state index in [4.69, 9.17) is 4.74 Å². The number of aryl methyl sites for hydroxylation is 1. The number of hydrogen-bond acceptors (Lipinski definition) is 4. The van der Waals surface area contributed by atoms with Crippen LogP contribution in [-0.2, 0) is 13.1 Å². The van der Waals surface area contributed by atoms with Crippen LogP contribution in [0.3, 0.4) is 0 Å². The monoisotopic (exact) mass is 364 g/mol. The van der Waals surface area contributed by atoms with Crippen molar-refractivity contribution in [3.8, 4) is 11.5 Å². The highest BCUT2D eigenvalue weighted by molar-refractivity contribution is 5.79. The first-order valence-corrected chi connectivity index (χ1v) is 8.00. The van der Waals surface area contributed by atoms with E-state index in [-0.39, 0.29) is 12.3 Å². The zero-order chi connectivity index (χ0) is 18.9. The average Bonchev–Trinajstić information content (AvgIpc) is 2.62. The Morgan fingerprint density at radius 3 is 2.62 bits per heavy atom. The van der Waals surface area contributed by atoms with Gasteiger partial charge in [-0.05, 0) is 37.3 Å². The third kappa shape index (κ3) is 5.87. The number of benzene rings is 1. The van der Waals surface area contributed by atoms with Gasteiger partial charge in [-0.1, -0.05) is 6.07 Å². The van der Waals surface area contributed by atoms with Gasteiger partial charge in [0, 0.05) is 24.8 Å². The summed E-state index contributed by atoms with van der Waals surface area (Å²) in [6.45, 7) is -0.254. The van der Waals surface area contributed by atoms with Crippen molar-refractivity contribution < 1.29 is 18.3 Å². The molecule has 0 bridgehead atoms. The topological polar surface area (TPSA) is 67.8 Å². The highest BCUT2D eigenvalue weighted by atomic mass is 19.3. The second-order valence-corrected chi connectivity index (χ2v) is 5.40. The van der Waals surface area contributed by atoms with Crippen molar-refractivity contribution in [2.75, 3.05) is 14.2 Å². The molecule has 0 radical (unpaired) electrons. The number of ether oxygens (including phenoxy) is 2. The van der Waals surface area contributed by atoms with Gasteiger partial charge in [0.25, 0.3) is 0 Å². The Kier molecular flexibility index (Phi) is 7.13. The molecule has 0 spiro atoms. The first-order chi connectivity index (χ1) is 12.5. The van der Waals surface area contributed by atoms with Gasteiger partial charge in [-0.2, -0.15) is 8.78 Å². The molecule has 2 rings (SSSR count). The van der Waals surface area contributed by atoms with Gasteiger partial charge in [0.1, 0.15) is 11.5 Å². The van der Waals surface area contributed by atoms with E-state index in [9.17, 15) is 8.78 Å². The number of aromatic nitrogens is 1. The van der Waals surface area contributed by atoms with Crippen LogP contribution < -0.4 is 20.1 Å². The lowest BCUT2D eigenvalue weighted by Gasteiger charge is -2.15. The highest BCUT2D eigenvalue weighted by Crippen LogP contribution is 2.25. The lowest BCUT2D eigenvalue weighted by molar-refractivity contribution is -0.0504. The molecule has 0 aliphatic rings. The summed E-state index contributed by atoms with van der Waals surface area (Å²) in [5.74, 6) is 1.15. The summed E-state index contributed by atoms with van der Waals surface area (Å²) >= 11 is 0. The molecular weight excluding hydrogens is 342 g/mol. The summed E-state index contributed by atoms with van der Waals surface area (Å²) in [6.07, 6.45) is 0. The number of alkyl halides is 2. The molecule has 0 aliphatic carbocycles. The number of pyridine rings is 1. The number of halogens is 2. The van der Waals surface area contributed by atoms with Crippen molar-refractivity contribution in [1.29, 1.82) is 0 Å². The normalized spacial score (nSPS) is 11.4. The molecule has 0 saturated carbocycles. The average molecular weight is 364 g/mol. The molecular formula is C18H22F2N4O2. The minimum Gasteiger partial charge on any atom is -0.497 e. The van der Waals surface area contributed by atoms with E-state index in [2.05, 4.69) is 25.3 Å². The lowest BCUT2D eigenvalue weighted by atomic mass is 10.2. The molecule has 2 aromatic rings. The van der Waals surface area contributed by atoms with Gasteiger partial charge in [0.15, 0.2) is 5.96 Å². The quantitative estimate of drug-likeness (QED) is 0.584. The molecule has 140 valence electrons. The fourth-order valence-corrected chi connectivity index (χ4v) is 2.30. The molecule has 1 aromatic carbocycles. The van der Waals surface area contributed by atoms with Crippen molar-refractivity contribution in [2.24, 2.45) is 4.99 Å². The van der Waals surface area contributed by atoms with Crippen LogP contribution in [0.2, 0.25) is 0 Å². The van der Waals surface area contributed by atoms with Gasteiger partial charge < -0.3 is 20.1 Å². The van der Waals surface area contributed by atoms with E-state index in [1.807, 2.05) is 25.1 Å². The van der Waals surface area contributed by atoms with E-state index in [1.54, 1.807) is 19.2 Å². The van der Waals surface area contributed by atoms with Crippen molar-refractivity contribution in [3.05, 3.63) is 53.3 Å². The highest BCUT2D eigenvalue weighted by Gasteiger charge is 2.11. The van der Waals surface area contributed by atoms with Gasteiger partial charge in [-0.15, -0.1) is 0 Å². The Bertz CT molecular complexity index is 754. The Hall–Kier alpha value is -2.90. The standard InChI is InChI=1S/C18H22F2N4O2/c1-12-5-4-6-14(24-12)11-23-18(21-2)22-10-13-9-15(25-3)7-8-16(13)26-17(19)20/h4-9,17H,10-11H2,1-3H3,(H2,21,22,23). The Morgan fingerprint density at radius 1 is 1.19 bits per heavy atom. The summed E-state index contributed by atoms with van der Waals surface area (Å²) in [5, 5.41) is 6.19. The van der Waals surface area contributed by atoms with Crippen LogP contribution in [0.15, 0.2) is 41.4 Å². The summed E-state index contributed by atoms with van der Waals surface area (Å²) < 4.78 is 34.8. The van der Waals surface area contributed by atoms with Gasteiger partial charge in [-0.25, -0.2) is 0 Å². The van der Waals surface area contributed by atoms with Crippen LogP contribution in [-0.4, -0.2) is 31.7 Å². The van der Waals surface area contributed by atoms with Gasteiger partial charge >= 0.3 is 6.61 Å². The number of nitrogens with zero attached hydrogens (tertiary/aromatic N) is 2. The second-order valence-electron chi connectivity index (χ2n) is 5.40. The number of guanidine groups is 1. The maximum atomic E-state index is 12.6. The molecule has 0 saturated heterocycles. The molecule has 0 amide bonds. The number of methoxy groups -OCH3 is 1. The summed E-state index contributed by atoms with van der Waals surface area (Å²) in [6, 6.07) is 10.4. The smallest absolute Gasteiger partial charge is 0.387 e. The molecule has 0 aliphatic heterocycles. The fraction of sp³-hybridized carbons (Fsp3) is 0.333. The molecule has 6 nitrogen and oxygen atoms in total. The van der Waals surface area contributed by atoms with Crippen molar-refractivity contribution in [1.82, 2.24) is 15.6 Å². The maximum Gasteiger partial charge on any atom is 0.387 e. The van der Waals surface area contributed by atoms with E-state index in [1.165, 1.54) is 13.2 Å². The molecule has 1 aromatic heterocycles. The lowest BCUT2D eigenvalue weighted by Crippen LogP contribution is -2.36. The zero-order valence-electron chi connectivity index (χ0n) is 14.9. The number of nitrogens with one attached hydrogen (secondary N) is 2. The van der Waals surface area contributed by atoms with Crippen molar-refractivity contribution in [2.45, 2.75) is 26.6 Å². The molecule has 0 atom stereocenters. The molecule has 0 fully saturated rings. The van der Waals surface area contributed by atoms with Crippen LogP contribution in [0.4, 0.5) is 8.78 Å². The van der Waals surface area contributed by atoms with Crippen LogP contribution in [0, 0.1) is 6.92 Å². The molecule has 8 heteroatoms. The summed E-state index contributed by atoms with van der Waals surface area (Å²) in [4.78, 5) is 8.52. The second kappa shape index (κ2) is 9.55. The third-order valence-electron chi connectivity index (χ3n) is 3.54. The molecule has 2 N–H and O–H groups in total. The minimum absolute atomic E-state index is 0.0871. The number of hydrogen-bond donors (Lipinski definition) is 2. The predicted octanol–water partition coefficient (Wildman–Crippen LogP) is 2.87. The first kappa shape index (κ1) is 19.4. The Morgan fingerprint density at radius 2 is 1.96 bits per heavy atom. The summed E-state index contributed by atoms with van der Waals surface area (Å²) in [5.41, 5.74) is 2.33. The third-order valence-corrected chi connectivity index (χ3v) is 3.54. The SMILES string of the molecule is CN=C(NCc1cccc(C)n1)NCc1cc(OC)ccc1OC(F)F. The number of rotatable bonds is 7. The van der Waals surface area contributed by atoms with Crippen LogP contribution in [0.25, 0.3) is 0 Å².